The van der Waals surface area contributed by atoms with Crippen LogP contribution in [0.2, 0.25) is 0 Å². The second-order valence-electron chi connectivity index (χ2n) is 4.50. The van der Waals surface area contributed by atoms with E-state index in [1.807, 2.05) is 0 Å². The summed E-state index contributed by atoms with van der Waals surface area (Å²) in [6.07, 6.45) is 0. The number of benzene rings is 1. The van der Waals surface area contributed by atoms with E-state index in [1.54, 1.807) is 12.1 Å². The first kappa shape index (κ1) is 16.9. The highest BCUT2D eigenvalue weighted by molar-refractivity contribution is 5.85. The Kier molecular flexibility index (Phi) is 5.05. The topological polar surface area (TPSA) is 87.5 Å². The Morgan fingerprint density at radius 1 is 1.45 bits per heavy atom. The van der Waals surface area contributed by atoms with E-state index in [0.717, 1.165) is 13.2 Å². The normalized spacial score (nSPS) is 13.7. The SMILES string of the molecule is [C-]#[N+]C(C#N)C(C)(C(=O)OC)c1cc(F)c(C#N)c(OC)c1. The van der Waals surface area contributed by atoms with E-state index < -0.39 is 23.2 Å². The van der Waals surface area contributed by atoms with Crippen LogP contribution in [0.1, 0.15) is 18.1 Å². The van der Waals surface area contributed by atoms with Crippen LogP contribution in [0.25, 0.3) is 4.85 Å². The van der Waals surface area contributed by atoms with E-state index >= 15 is 0 Å². The van der Waals surface area contributed by atoms with Crippen molar-refractivity contribution in [2.45, 2.75) is 18.4 Å². The number of halogens is 1. The predicted octanol–water partition coefficient (Wildman–Crippen LogP) is 1.95. The van der Waals surface area contributed by atoms with Crippen LogP contribution in [0.3, 0.4) is 0 Å². The van der Waals surface area contributed by atoms with E-state index in [-0.39, 0.29) is 16.9 Å². The zero-order chi connectivity index (χ0) is 16.9. The van der Waals surface area contributed by atoms with E-state index in [2.05, 4.69) is 9.58 Å². The van der Waals surface area contributed by atoms with Crippen molar-refractivity contribution in [3.8, 4) is 17.9 Å². The molecule has 112 valence electrons. The van der Waals surface area contributed by atoms with Crippen molar-refractivity contribution < 1.29 is 18.7 Å². The van der Waals surface area contributed by atoms with Gasteiger partial charge in [0.2, 0.25) is 0 Å². The van der Waals surface area contributed by atoms with Gasteiger partial charge < -0.3 is 9.47 Å². The van der Waals surface area contributed by atoms with Gasteiger partial charge in [0, 0.05) is 0 Å². The standard InChI is InChI=1S/C15H12FN3O3/c1-15(14(20)22-4,13(8-18)19-2)9-5-11(16)10(7-17)12(6-9)21-3/h5-6,13H,1,3-4H3. The van der Waals surface area contributed by atoms with E-state index in [4.69, 9.17) is 21.8 Å². The summed E-state index contributed by atoms with van der Waals surface area (Å²) >= 11 is 0. The largest absolute Gasteiger partial charge is 0.495 e. The van der Waals surface area contributed by atoms with Crippen molar-refractivity contribution in [2.24, 2.45) is 0 Å². The number of esters is 1. The summed E-state index contributed by atoms with van der Waals surface area (Å²) in [6, 6.07) is 4.14. The van der Waals surface area contributed by atoms with Crippen molar-refractivity contribution >= 4 is 5.97 Å². The van der Waals surface area contributed by atoms with Gasteiger partial charge in [-0.2, -0.15) is 10.5 Å². The van der Waals surface area contributed by atoms with Crippen molar-refractivity contribution in [1.29, 1.82) is 10.5 Å². The minimum absolute atomic E-state index is 0.0234. The van der Waals surface area contributed by atoms with Crippen LogP contribution in [-0.4, -0.2) is 26.2 Å². The average molecular weight is 301 g/mol. The van der Waals surface area contributed by atoms with E-state index in [0.29, 0.717) is 0 Å². The maximum Gasteiger partial charge on any atom is 0.326 e. The average Bonchev–Trinajstić information content (AvgIpc) is 2.53. The molecular formula is C15H12FN3O3. The number of hydrogen-bond acceptors (Lipinski definition) is 5. The Balaban J connectivity index is 3.70. The molecule has 0 N–H and O–H groups in total. The summed E-state index contributed by atoms with van der Waals surface area (Å²) in [6.45, 7) is 8.39. The molecule has 0 fully saturated rings. The van der Waals surface area contributed by atoms with Gasteiger partial charge in [0.05, 0.1) is 14.2 Å². The highest BCUT2D eigenvalue weighted by Crippen LogP contribution is 2.35. The fourth-order valence-corrected chi connectivity index (χ4v) is 2.04. The molecule has 0 amide bonds. The summed E-state index contributed by atoms with van der Waals surface area (Å²) in [5.74, 6) is -1.86. The van der Waals surface area contributed by atoms with Crippen LogP contribution in [0.15, 0.2) is 12.1 Å². The van der Waals surface area contributed by atoms with Crippen LogP contribution in [0, 0.1) is 35.1 Å². The Labute approximate surface area is 127 Å². The number of rotatable bonds is 4. The van der Waals surface area contributed by atoms with Gasteiger partial charge in [-0.1, -0.05) is 0 Å². The van der Waals surface area contributed by atoms with Crippen molar-refractivity contribution in [2.75, 3.05) is 14.2 Å². The molecule has 2 atom stereocenters. The minimum Gasteiger partial charge on any atom is -0.495 e. The lowest BCUT2D eigenvalue weighted by molar-refractivity contribution is -0.146. The zero-order valence-electron chi connectivity index (χ0n) is 12.2. The van der Waals surface area contributed by atoms with E-state index in [9.17, 15) is 9.18 Å². The van der Waals surface area contributed by atoms with Crippen LogP contribution < -0.4 is 4.74 Å². The van der Waals surface area contributed by atoms with Crippen molar-refractivity contribution in [3.63, 3.8) is 0 Å². The monoisotopic (exact) mass is 301 g/mol. The fourth-order valence-electron chi connectivity index (χ4n) is 2.04. The van der Waals surface area contributed by atoms with Gasteiger partial charge in [-0.25, -0.2) is 11.0 Å². The van der Waals surface area contributed by atoms with Crippen molar-refractivity contribution in [1.82, 2.24) is 0 Å². The fraction of sp³-hybridized carbons (Fsp3) is 0.333. The van der Waals surface area contributed by atoms with Gasteiger partial charge in [0.25, 0.3) is 0 Å². The van der Waals surface area contributed by atoms with E-state index in [1.165, 1.54) is 20.1 Å². The molecule has 0 saturated heterocycles. The summed E-state index contributed by atoms with van der Waals surface area (Å²) in [7, 11) is 2.35. The molecule has 0 aliphatic heterocycles. The molecule has 7 heteroatoms. The maximum absolute atomic E-state index is 14.1. The van der Waals surface area contributed by atoms with Gasteiger partial charge in [0.1, 0.15) is 23.2 Å². The Morgan fingerprint density at radius 3 is 2.50 bits per heavy atom. The molecule has 2 unspecified atom stereocenters. The Hall–Kier alpha value is -3.11. The summed E-state index contributed by atoms with van der Waals surface area (Å²) < 4.78 is 23.7. The van der Waals surface area contributed by atoms with Crippen molar-refractivity contribution in [3.05, 3.63) is 40.5 Å². The van der Waals surface area contributed by atoms with Gasteiger partial charge in [-0.3, -0.25) is 9.64 Å². The molecule has 0 heterocycles. The van der Waals surface area contributed by atoms with Gasteiger partial charge in [-0.05, 0) is 24.6 Å². The predicted molar refractivity (Wildman–Crippen MR) is 73.0 cm³/mol. The molecule has 0 bridgehead atoms. The number of nitriles is 2. The molecule has 0 spiro atoms. The summed E-state index contributed by atoms with van der Waals surface area (Å²) in [4.78, 5) is 15.2. The van der Waals surface area contributed by atoms with Gasteiger partial charge in [0.15, 0.2) is 11.5 Å². The molecule has 6 nitrogen and oxygen atoms in total. The van der Waals surface area contributed by atoms with Crippen LogP contribution in [0.4, 0.5) is 4.39 Å². The third-order valence-electron chi connectivity index (χ3n) is 3.39. The number of hydrogen-bond donors (Lipinski definition) is 0. The lowest BCUT2D eigenvalue weighted by Gasteiger charge is -2.25. The summed E-state index contributed by atoms with van der Waals surface area (Å²) in [5, 5.41) is 18.0. The lowest BCUT2D eigenvalue weighted by atomic mass is 9.76. The molecular weight excluding hydrogens is 289 g/mol. The molecule has 1 aromatic carbocycles. The second kappa shape index (κ2) is 6.56. The van der Waals surface area contributed by atoms with Crippen LogP contribution >= 0.6 is 0 Å². The number of methoxy groups -OCH3 is 2. The quantitative estimate of drug-likeness (QED) is 0.626. The first-order valence-electron chi connectivity index (χ1n) is 6.03. The highest BCUT2D eigenvalue weighted by atomic mass is 19.1. The van der Waals surface area contributed by atoms with Crippen LogP contribution in [0.5, 0.6) is 5.75 Å². The zero-order valence-corrected chi connectivity index (χ0v) is 12.2. The first-order chi connectivity index (χ1) is 10.4. The number of carbonyl (C=O) groups excluding carboxylic acids is 1. The smallest absolute Gasteiger partial charge is 0.326 e. The highest BCUT2D eigenvalue weighted by Gasteiger charge is 2.50. The third kappa shape index (κ3) is 2.55. The molecule has 1 aromatic rings. The van der Waals surface area contributed by atoms with Gasteiger partial charge >= 0.3 is 12.0 Å². The summed E-state index contributed by atoms with van der Waals surface area (Å²) in [5.41, 5.74) is -2.02. The molecule has 0 radical (unpaired) electrons. The minimum atomic E-state index is -1.71. The Bertz CT molecular complexity index is 713. The Morgan fingerprint density at radius 2 is 2.09 bits per heavy atom. The molecule has 0 aliphatic rings. The van der Waals surface area contributed by atoms with Crippen LogP contribution in [-0.2, 0) is 14.9 Å². The number of ether oxygens (including phenoxy) is 2. The molecule has 0 aliphatic carbocycles. The molecule has 0 aromatic heterocycles. The van der Waals surface area contributed by atoms with Gasteiger partial charge in [-0.15, -0.1) is 0 Å². The molecule has 0 saturated carbocycles. The molecule has 1 rings (SSSR count). The number of nitrogens with zero attached hydrogens (tertiary/aromatic N) is 3. The lowest BCUT2D eigenvalue weighted by Crippen LogP contribution is -2.43. The molecule has 22 heavy (non-hydrogen) atoms. The number of carbonyl (C=O) groups is 1. The second-order valence-corrected chi connectivity index (χ2v) is 4.50. The maximum atomic E-state index is 14.1. The first-order valence-corrected chi connectivity index (χ1v) is 6.03. The third-order valence-corrected chi connectivity index (χ3v) is 3.39.